The van der Waals surface area contributed by atoms with Crippen molar-refractivity contribution in [3.63, 3.8) is 0 Å². The Morgan fingerprint density at radius 2 is 2.06 bits per heavy atom. The molecule has 0 aromatic heterocycles. The molecule has 0 aliphatic heterocycles. The Balaban J connectivity index is 2.29. The quantitative estimate of drug-likeness (QED) is 0.481. The zero-order valence-electron chi connectivity index (χ0n) is 9.50. The van der Waals surface area contributed by atoms with Gasteiger partial charge in [0.25, 0.3) is 5.69 Å². The van der Waals surface area contributed by atoms with E-state index >= 15 is 0 Å². The fourth-order valence-electron chi connectivity index (χ4n) is 1.70. The van der Waals surface area contributed by atoms with Crippen molar-refractivity contribution in [1.82, 2.24) is 4.72 Å². The van der Waals surface area contributed by atoms with Gasteiger partial charge in [-0.3, -0.25) is 10.1 Å². The van der Waals surface area contributed by atoms with E-state index in [4.69, 9.17) is 5.73 Å². The first-order chi connectivity index (χ1) is 8.40. The molecule has 0 radical (unpaired) electrons. The highest BCUT2D eigenvalue weighted by molar-refractivity contribution is 7.89. The van der Waals surface area contributed by atoms with Crippen LogP contribution in [0.25, 0.3) is 0 Å². The molecule has 0 unspecified atom stereocenters. The highest BCUT2D eigenvalue weighted by atomic mass is 32.2. The summed E-state index contributed by atoms with van der Waals surface area (Å²) in [5.74, 6) is 0. The average Bonchev–Trinajstić information content (AvgIpc) is 2.23. The molecule has 8 heteroatoms. The lowest BCUT2D eigenvalue weighted by Gasteiger charge is -2.26. The van der Waals surface area contributed by atoms with Gasteiger partial charge < -0.3 is 5.73 Å². The highest BCUT2D eigenvalue weighted by Gasteiger charge is 2.26. The Kier molecular flexibility index (Phi) is 3.22. The molecule has 1 saturated carbocycles. The molecule has 7 nitrogen and oxygen atoms in total. The van der Waals surface area contributed by atoms with Gasteiger partial charge in [0.1, 0.15) is 4.90 Å². The van der Waals surface area contributed by atoms with E-state index in [0.717, 1.165) is 37.5 Å². The van der Waals surface area contributed by atoms with Crippen LogP contribution in [0.5, 0.6) is 0 Å². The molecular weight excluding hydrogens is 258 g/mol. The Hall–Kier alpha value is -1.67. The van der Waals surface area contributed by atoms with Gasteiger partial charge in [0.2, 0.25) is 10.0 Å². The molecule has 1 aromatic rings. The lowest BCUT2D eigenvalue weighted by Crippen LogP contribution is -2.39. The summed E-state index contributed by atoms with van der Waals surface area (Å²) in [7, 11) is -3.69. The van der Waals surface area contributed by atoms with Gasteiger partial charge in [0, 0.05) is 18.2 Å². The molecule has 0 spiro atoms. The number of nitrogens with two attached hydrogens (primary N) is 1. The first-order valence-electron chi connectivity index (χ1n) is 5.46. The molecular formula is C10H13N3O4S. The largest absolute Gasteiger partial charge is 0.397 e. The summed E-state index contributed by atoms with van der Waals surface area (Å²) in [5.41, 5.74) is 5.22. The highest BCUT2D eigenvalue weighted by Crippen LogP contribution is 2.26. The molecule has 18 heavy (non-hydrogen) atoms. The van der Waals surface area contributed by atoms with E-state index in [9.17, 15) is 18.5 Å². The minimum absolute atomic E-state index is 0.0513. The normalized spacial score (nSPS) is 16.2. The van der Waals surface area contributed by atoms with Crippen molar-refractivity contribution in [2.75, 3.05) is 5.73 Å². The lowest BCUT2D eigenvalue weighted by atomic mass is 9.94. The SMILES string of the molecule is Nc1cc([N+](=O)[O-])ccc1S(=O)(=O)NC1CCC1. The van der Waals surface area contributed by atoms with Crippen molar-refractivity contribution in [3.05, 3.63) is 28.3 Å². The van der Waals surface area contributed by atoms with Crippen LogP contribution in [0.15, 0.2) is 23.1 Å². The van der Waals surface area contributed by atoms with E-state index < -0.39 is 14.9 Å². The predicted octanol–water partition coefficient (Wildman–Crippen LogP) is 1.01. The number of nitro benzene ring substituents is 1. The number of sulfonamides is 1. The zero-order chi connectivity index (χ0) is 13.3. The number of non-ortho nitro benzene ring substituents is 1. The lowest BCUT2D eigenvalue weighted by molar-refractivity contribution is -0.384. The maximum atomic E-state index is 12.0. The number of nitrogen functional groups attached to an aromatic ring is 1. The topological polar surface area (TPSA) is 115 Å². The van der Waals surface area contributed by atoms with Crippen molar-refractivity contribution >= 4 is 21.4 Å². The van der Waals surface area contributed by atoms with Crippen LogP contribution in [-0.4, -0.2) is 19.4 Å². The number of anilines is 1. The second-order valence-electron chi connectivity index (χ2n) is 4.23. The van der Waals surface area contributed by atoms with Crippen molar-refractivity contribution in [2.24, 2.45) is 0 Å². The summed E-state index contributed by atoms with van der Waals surface area (Å²) < 4.78 is 26.5. The minimum atomic E-state index is -3.69. The molecule has 1 aliphatic carbocycles. The van der Waals surface area contributed by atoms with Gasteiger partial charge in [-0.1, -0.05) is 6.42 Å². The molecule has 0 amide bonds. The predicted molar refractivity (Wildman–Crippen MR) is 65.5 cm³/mol. The Labute approximate surface area is 104 Å². The van der Waals surface area contributed by atoms with E-state index in [1.165, 1.54) is 0 Å². The van der Waals surface area contributed by atoms with Crippen LogP contribution >= 0.6 is 0 Å². The van der Waals surface area contributed by atoms with Gasteiger partial charge in [0.15, 0.2) is 0 Å². The van der Waals surface area contributed by atoms with E-state index in [2.05, 4.69) is 4.72 Å². The van der Waals surface area contributed by atoms with Crippen LogP contribution in [0, 0.1) is 10.1 Å². The minimum Gasteiger partial charge on any atom is -0.397 e. The van der Waals surface area contributed by atoms with Crippen LogP contribution in [0.1, 0.15) is 19.3 Å². The summed E-state index contributed by atoms with van der Waals surface area (Å²) in [5, 5.41) is 10.5. The first-order valence-corrected chi connectivity index (χ1v) is 6.95. The van der Waals surface area contributed by atoms with Gasteiger partial charge in [0.05, 0.1) is 10.6 Å². The fourth-order valence-corrected chi connectivity index (χ4v) is 3.12. The van der Waals surface area contributed by atoms with Gasteiger partial charge in [-0.15, -0.1) is 0 Å². The number of nitrogens with zero attached hydrogens (tertiary/aromatic N) is 1. The number of hydrogen-bond acceptors (Lipinski definition) is 5. The zero-order valence-corrected chi connectivity index (χ0v) is 10.3. The van der Waals surface area contributed by atoms with E-state index in [-0.39, 0.29) is 22.3 Å². The van der Waals surface area contributed by atoms with Crippen LogP contribution in [-0.2, 0) is 10.0 Å². The van der Waals surface area contributed by atoms with Crippen molar-refractivity contribution in [2.45, 2.75) is 30.2 Å². The van der Waals surface area contributed by atoms with Gasteiger partial charge in [-0.05, 0) is 18.9 Å². The summed E-state index contributed by atoms with van der Waals surface area (Å²) in [4.78, 5) is 9.80. The average molecular weight is 271 g/mol. The van der Waals surface area contributed by atoms with Crippen LogP contribution < -0.4 is 10.5 Å². The van der Waals surface area contributed by atoms with E-state index in [1.54, 1.807) is 0 Å². The Morgan fingerprint density at radius 1 is 1.39 bits per heavy atom. The molecule has 1 aliphatic rings. The standard InChI is InChI=1S/C10H13N3O4S/c11-9-6-8(13(14)15)4-5-10(9)18(16,17)12-7-2-1-3-7/h4-7,12H,1-3,11H2. The molecule has 0 atom stereocenters. The van der Waals surface area contributed by atoms with Crippen molar-refractivity contribution < 1.29 is 13.3 Å². The van der Waals surface area contributed by atoms with Crippen LogP contribution in [0.4, 0.5) is 11.4 Å². The summed E-state index contributed by atoms with van der Waals surface area (Å²) in [6.07, 6.45) is 2.63. The molecule has 1 fully saturated rings. The smallest absolute Gasteiger partial charge is 0.271 e. The van der Waals surface area contributed by atoms with Gasteiger partial charge in [-0.25, -0.2) is 13.1 Å². The Morgan fingerprint density at radius 3 is 2.50 bits per heavy atom. The number of hydrogen-bond donors (Lipinski definition) is 2. The van der Waals surface area contributed by atoms with E-state index in [1.807, 2.05) is 0 Å². The molecule has 0 saturated heterocycles. The first kappa shape index (κ1) is 12.8. The van der Waals surface area contributed by atoms with Crippen LogP contribution in [0.2, 0.25) is 0 Å². The van der Waals surface area contributed by atoms with Crippen LogP contribution in [0.3, 0.4) is 0 Å². The monoisotopic (exact) mass is 271 g/mol. The number of rotatable bonds is 4. The third-order valence-electron chi connectivity index (χ3n) is 2.92. The number of nitrogens with one attached hydrogen (secondary N) is 1. The molecule has 3 N–H and O–H groups in total. The second kappa shape index (κ2) is 4.54. The second-order valence-corrected chi connectivity index (χ2v) is 5.91. The Bertz CT molecular complexity index is 581. The molecule has 98 valence electrons. The van der Waals surface area contributed by atoms with Gasteiger partial charge in [-0.2, -0.15) is 0 Å². The maximum Gasteiger partial charge on any atom is 0.271 e. The van der Waals surface area contributed by atoms with Crippen molar-refractivity contribution in [3.8, 4) is 0 Å². The number of nitro groups is 1. The van der Waals surface area contributed by atoms with E-state index in [0.29, 0.717) is 0 Å². The fraction of sp³-hybridized carbons (Fsp3) is 0.400. The maximum absolute atomic E-state index is 12.0. The van der Waals surface area contributed by atoms with Crippen molar-refractivity contribution in [1.29, 1.82) is 0 Å². The summed E-state index contributed by atoms with van der Waals surface area (Å²) in [6.45, 7) is 0. The van der Waals surface area contributed by atoms with Gasteiger partial charge >= 0.3 is 0 Å². The summed E-state index contributed by atoms with van der Waals surface area (Å²) in [6, 6.07) is 3.29. The summed E-state index contributed by atoms with van der Waals surface area (Å²) >= 11 is 0. The molecule has 2 rings (SSSR count). The third-order valence-corrected chi connectivity index (χ3v) is 4.52. The third kappa shape index (κ3) is 2.44. The molecule has 0 bridgehead atoms. The number of benzene rings is 1. The molecule has 1 aromatic carbocycles. The molecule has 0 heterocycles.